The van der Waals surface area contributed by atoms with Gasteiger partial charge in [-0.2, -0.15) is 0 Å². The number of hydrogen-bond acceptors (Lipinski definition) is 4. The molecule has 1 fully saturated rings. The number of carbonyl (C=O) groups excluding carboxylic acids is 1. The van der Waals surface area contributed by atoms with Crippen molar-refractivity contribution in [2.45, 2.75) is 6.42 Å². The van der Waals surface area contributed by atoms with Crippen LogP contribution in [-0.2, 0) is 20.7 Å². The maximum Gasteiger partial charge on any atom is 0.308 e. The van der Waals surface area contributed by atoms with Crippen molar-refractivity contribution in [3.63, 3.8) is 0 Å². The number of carboxylic acid groups (broad SMARTS) is 1. The van der Waals surface area contributed by atoms with Crippen molar-refractivity contribution < 1.29 is 19.4 Å². The van der Waals surface area contributed by atoms with Gasteiger partial charge in [-0.15, -0.1) is 0 Å². The highest BCUT2D eigenvalue weighted by atomic mass is 16.5. The minimum atomic E-state index is -0.899. The first kappa shape index (κ1) is 18.4. The molecule has 0 saturated carbocycles. The fourth-order valence-electron chi connectivity index (χ4n) is 3.24. The molecular formula is C20H24N2O4. The van der Waals surface area contributed by atoms with Crippen molar-refractivity contribution >= 4 is 22.6 Å². The minimum absolute atomic E-state index is 0.127. The van der Waals surface area contributed by atoms with Gasteiger partial charge in [0.1, 0.15) is 0 Å². The normalized spacial score (nSPS) is 16.3. The number of fused-ring (bicyclic) bond motifs is 1. The highest BCUT2D eigenvalue weighted by Gasteiger charge is 2.21. The van der Waals surface area contributed by atoms with E-state index in [1.165, 1.54) is 0 Å². The number of amides is 1. The molecule has 3 rings (SSSR count). The molecule has 2 N–H and O–H groups in total. The molecule has 26 heavy (non-hydrogen) atoms. The first-order valence-electron chi connectivity index (χ1n) is 8.90. The standard InChI is InChI=1S/C20H24N2O4/c23-19(14-22-8-10-26-11-9-22)21-13-17(20(24)25)12-16-6-3-5-15-4-1-2-7-18(15)16/h1-7,17H,8-14H2,(H,21,23)(H,24,25). The molecule has 1 saturated heterocycles. The van der Waals surface area contributed by atoms with Gasteiger partial charge in [-0.3, -0.25) is 14.5 Å². The first-order chi connectivity index (χ1) is 12.6. The number of rotatable bonds is 7. The summed E-state index contributed by atoms with van der Waals surface area (Å²) in [5, 5.41) is 14.5. The van der Waals surface area contributed by atoms with Crippen LogP contribution < -0.4 is 5.32 Å². The predicted octanol–water partition coefficient (Wildman–Crippen LogP) is 1.53. The van der Waals surface area contributed by atoms with Crippen LogP contribution in [0.15, 0.2) is 42.5 Å². The van der Waals surface area contributed by atoms with Gasteiger partial charge in [0.05, 0.1) is 25.7 Å². The zero-order valence-corrected chi connectivity index (χ0v) is 14.7. The van der Waals surface area contributed by atoms with Crippen molar-refractivity contribution in [1.29, 1.82) is 0 Å². The lowest BCUT2D eigenvalue weighted by molar-refractivity contribution is -0.141. The van der Waals surface area contributed by atoms with Gasteiger partial charge in [0.15, 0.2) is 0 Å². The zero-order valence-electron chi connectivity index (χ0n) is 14.7. The molecule has 138 valence electrons. The van der Waals surface area contributed by atoms with E-state index >= 15 is 0 Å². The Morgan fingerprint density at radius 3 is 2.62 bits per heavy atom. The average molecular weight is 356 g/mol. The number of morpholine rings is 1. The lowest BCUT2D eigenvalue weighted by atomic mass is 9.95. The van der Waals surface area contributed by atoms with E-state index in [9.17, 15) is 14.7 Å². The van der Waals surface area contributed by atoms with E-state index in [1.54, 1.807) is 0 Å². The molecule has 0 bridgehead atoms. The maximum absolute atomic E-state index is 12.1. The summed E-state index contributed by atoms with van der Waals surface area (Å²) in [6.07, 6.45) is 0.383. The Balaban J connectivity index is 1.60. The second kappa shape index (κ2) is 8.78. The van der Waals surface area contributed by atoms with E-state index in [2.05, 4.69) is 5.32 Å². The number of nitrogens with zero attached hydrogens (tertiary/aromatic N) is 1. The molecular weight excluding hydrogens is 332 g/mol. The number of carbonyl (C=O) groups is 2. The Morgan fingerprint density at radius 2 is 1.85 bits per heavy atom. The van der Waals surface area contributed by atoms with E-state index in [0.717, 1.165) is 29.4 Å². The van der Waals surface area contributed by atoms with E-state index in [0.29, 0.717) is 19.6 Å². The van der Waals surface area contributed by atoms with Crippen LogP contribution in [0.4, 0.5) is 0 Å². The van der Waals surface area contributed by atoms with Gasteiger partial charge in [0, 0.05) is 19.6 Å². The molecule has 2 aromatic rings. The third-order valence-corrected chi connectivity index (χ3v) is 4.71. The van der Waals surface area contributed by atoms with Crippen molar-refractivity contribution in [2.24, 2.45) is 5.92 Å². The van der Waals surface area contributed by atoms with Gasteiger partial charge >= 0.3 is 5.97 Å². The molecule has 2 aromatic carbocycles. The van der Waals surface area contributed by atoms with Crippen LogP contribution in [0.25, 0.3) is 10.8 Å². The third kappa shape index (κ3) is 4.80. The Bertz CT molecular complexity index is 766. The van der Waals surface area contributed by atoms with Crippen molar-refractivity contribution in [2.75, 3.05) is 39.4 Å². The van der Waals surface area contributed by atoms with Crippen LogP contribution in [0, 0.1) is 5.92 Å². The SMILES string of the molecule is O=C(CN1CCOCC1)NCC(Cc1cccc2ccccc12)C(=O)O. The lowest BCUT2D eigenvalue weighted by Crippen LogP contribution is -2.44. The van der Waals surface area contributed by atoms with Crippen LogP contribution in [-0.4, -0.2) is 61.3 Å². The summed E-state index contributed by atoms with van der Waals surface area (Å²) in [5.41, 5.74) is 0.984. The number of hydrogen-bond donors (Lipinski definition) is 2. The van der Waals surface area contributed by atoms with Gasteiger partial charge in [-0.25, -0.2) is 0 Å². The van der Waals surface area contributed by atoms with E-state index in [-0.39, 0.29) is 19.0 Å². The molecule has 1 amide bonds. The number of ether oxygens (including phenoxy) is 1. The summed E-state index contributed by atoms with van der Waals surface area (Å²) in [6, 6.07) is 13.8. The number of nitrogens with one attached hydrogen (secondary N) is 1. The molecule has 1 aliphatic rings. The zero-order chi connectivity index (χ0) is 18.4. The molecule has 0 radical (unpaired) electrons. The Kier molecular flexibility index (Phi) is 6.20. The smallest absolute Gasteiger partial charge is 0.308 e. The molecule has 1 heterocycles. The van der Waals surface area contributed by atoms with Gasteiger partial charge in [0.25, 0.3) is 0 Å². The second-order valence-electron chi connectivity index (χ2n) is 6.57. The van der Waals surface area contributed by atoms with Crippen molar-refractivity contribution in [3.05, 3.63) is 48.0 Å². The summed E-state index contributed by atoms with van der Waals surface area (Å²) in [7, 11) is 0. The fourth-order valence-corrected chi connectivity index (χ4v) is 3.24. The topological polar surface area (TPSA) is 78.9 Å². The van der Waals surface area contributed by atoms with Crippen molar-refractivity contribution in [1.82, 2.24) is 10.2 Å². The molecule has 0 aliphatic carbocycles. The maximum atomic E-state index is 12.1. The molecule has 1 aliphatic heterocycles. The minimum Gasteiger partial charge on any atom is -0.481 e. The fraction of sp³-hybridized carbons (Fsp3) is 0.400. The molecule has 6 heteroatoms. The summed E-state index contributed by atoms with van der Waals surface area (Å²) in [4.78, 5) is 25.8. The molecule has 0 spiro atoms. The lowest BCUT2D eigenvalue weighted by Gasteiger charge is -2.26. The van der Waals surface area contributed by atoms with Crippen LogP contribution >= 0.6 is 0 Å². The van der Waals surface area contributed by atoms with Crippen LogP contribution in [0.5, 0.6) is 0 Å². The highest BCUT2D eigenvalue weighted by molar-refractivity contribution is 5.86. The third-order valence-electron chi connectivity index (χ3n) is 4.71. The van der Waals surface area contributed by atoms with Gasteiger partial charge in [0.2, 0.25) is 5.91 Å². The predicted molar refractivity (Wildman–Crippen MR) is 99.0 cm³/mol. The quantitative estimate of drug-likeness (QED) is 0.787. The summed E-state index contributed by atoms with van der Waals surface area (Å²) < 4.78 is 5.26. The van der Waals surface area contributed by atoms with E-state index in [4.69, 9.17) is 4.74 Å². The van der Waals surface area contributed by atoms with E-state index < -0.39 is 11.9 Å². The molecule has 1 unspecified atom stereocenters. The van der Waals surface area contributed by atoms with Crippen molar-refractivity contribution in [3.8, 4) is 0 Å². The van der Waals surface area contributed by atoms with Gasteiger partial charge in [-0.1, -0.05) is 42.5 Å². The van der Waals surface area contributed by atoms with E-state index in [1.807, 2.05) is 47.4 Å². The van der Waals surface area contributed by atoms with Gasteiger partial charge in [-0.05, 0) is 22.8 Å². The largest absolute Gasteiger partial charge is 0.481 e. The molecule has 0 aromatic heterocycles. The first-order valence-corrected chi connectivity index (χ1v) is 8.90. The summed E-state index contributed by atoms with van der Waals surface area (Å²) in [5.74, 6) is -1.70. The Hall–Kier alpha value is -2.44. The van der Waals surface area contributed by atoms with Crippen LogP contribution in [0.1, 0.15) is 5.56 Å². The van der Waals surface area contributed by atoms with Crippen LogP contribution in [0.2, 0.25) is 0 Å². The summed E-state index contributed by atoms with van der Waals surface area (Å²) >= 11 is 0. The average Bonchev–Trinajstić information content (AvgIpc) is 2.65. The number of benzene rings is 2. The Labute approximate surface area is 152 Å². The molecule has 6 nitrogen and oxygen atoms in total. The van der Waals surface area contributed by atoms with Crippen LogP contribution in [0.3, 0.4) is 0 Å². The summed E-state index contributed by atoms with van der Waals surface area (Å²) in [6.45, 7) is 3.13. The molecule has 1 atom stereocenters. The highest BCUT2D eigenvalue weighted by Crippen LogP contribution is 2.21. The number of carboxylic acids is 1. The monoisotopic (exact) mass is 356 g/mol. The number of aliphatic carboxylic acids is 1. The second-order valence-corrected chi connectivity index (χ2v) is 6.57. The van der Waals surface area contributed by atoms with Gasteiger partial charge < -0.3 is 15.2 Å². The Morgan fingerprint density at radius 1 is 1.12 bits per heavy atom.